The van der Waals surface area contributed by atoms with Gasteiger partial charge in [-0.25, -0.2) is 9.78 Å². The zero-order valence-electron chi connectivity index (χ0n) is 15.0. The zero-order valence-corrected chi connectivity index (χ0v) is 15.8. The number of carbonyl (C=O) groups excluding carboxylic acids is 1. The minimum atomic E-state index is -0.180. The van der Waals surface area contributed by atoms with E-state index in [9.17, 15) is 4.79 Å². The Morgan fingerprint density at radius 3 is 2.68 bits per heavy atom. The van der Waals surface area contributed by atoms with Crippen molar-refractivity contribution in [1.29, 1.82) is 0 Å². The average Bonchev–Trinajstić information content (AvgIpc) is 2.74. The van der Waals surface area contributed by atoms with Gasteiger partial charge in [-0.15, -0.1) is 0 Å². The highest BCUT2D eigenvalue weighted by Gasteiger charge is 2.30. The molecule has 1 saturated heterocycles. The van der Waals surface area contributed by atoms with Gasteiger partial charge in [-0.3, -0.25) is 19.8 Å². The van der Waals surface area contributed by atoms with Crippen molar-refractivity contribution in [2.45, 2.75) is 13.0 Å². The molecule has 7 nitrogen and oxygen atoms in total. The predicted octanol–water partition coefficient (Wildman–Crippen LogP) is 3.94. The molecule has 0 N–H and O–H groups in total. The Hall–Kier alpha value is -3.19. The number of halogens is 1. The van der Waals surface area contributed by atoms with Gasteiger partial charge in [-0.05, 0) is 30.7 Å². The van der Waals surface area contributed by atoms with Crippen molar-refractivity contribution in [3.63, 3.8) is 0 Å². The van der Waals surface area contributed by atoms with Gasteiger partial charge < -0.3 is 4.74 Å². The van der Waals surface area contributed by atoms with Crippen LogP contribution in [0.3, 0.4) is 0 Å². The summed E-state index contributed by atoms with van der Waals surface area (Å²) < 4.78 is 5.98. The number of hydrogen-bond donors (Lipinski definition) is 0. The summed E-state index contributed by atoms with van der Waals surface area (Å²) in [5.41, 5.74) is 1.57. The van der Waals surface area contributed by atoms with E-state index < -0.39 is 0 Å². The van der Waals surface area contributed by atoms with Crippen molar-refractivity contribution < 1.29 is 9.53 Å². The average molecular weight is 396 g/mol. The number of anilines is 2. The zero-order chi connectivity index (χ0) is 19.3. The predicted molar refractivity (Wildman–Crippen MR) is 107 cm³/mol. The second-order valence-corrected chi connectivity index (χ2v) is 6.70. The van der Waals surface area contributed by atoms with Crippen molar-refractivity contribution in [2.24, 2.45) is 0 Å². The van der Waals surface area contributed by atoms with E-state index in [2.05, 4.69) is 15.0 Å². The van der Waals surface area contributed by atoms with Crippen molar-refractivity contribution in [3.05, 3.63) is 71.9 Å². The van der Waals surface area contributed by atoms with Crippen molar-refractivity contribution in [2.75, 3.05) is 22.9 Å². The number of pyridine rings is 1. The molecule has 1 aromatic carbocycles. The minimum absolute atomic E-state index is 0.180. The fraction of sp³-hybridized carbons (Fsp3) is 0.200. The van der Waals surface area contributed by atoms with E-state index >= 15 is 0 Å². The first-order chi connectivity index (χ1) is 13.7. The second kappa shape index (κ2) is 8.22. The van der Waals surface area contributed by atoms with Gasteiger partial charge in [0, 0.05) is 48.5 Å². The largest absolute Gasteiger partial charge is 0.487 e. The molecule has 3 heterocycles. The lowest BCUT2D eigenvalue weighted by Gasteiger charge is -2.35. The summed E-state index contributed by atoms with van der Waals surface area (Å²) in [4.78, 5) is 28.8. The van der Waals surface area contributed by atoms with Crippen LogP contribution in [0.5, 0.6) is 5.75 Å². The molecule has 1 aliphatic heterocycles. The molecule has 0 unspecified atom stereocenters. The Bertz CT molecular complexity index is 955. The number of rotatable bonds is 5. The Kier molecular flexibility index (Phi) is 5.34. The summed E-state index contributed by atoms with van der Waals surface area (Å²) in [6.45, 7) is 1.50. The number of nitrogens with zero attached hydrogens (tertiary/aromatic N) is 5. The molecule has 3 aromatic rings. The van der Waals surface area contributed by atoms with Crippen LogP contribution in [0.2, 0.25) is 5.02 Å². The number of hydrogen-bond acceptors (Lipinski definition) is 5. The van der Waals surface area contributed by atoms with Gasteiger partial charge in [0.1, 0.15) is 12.4 Å². The highest BCUT2D eigenvalue weighted by molar-refractivity contribution is 6.31. The van der Waals surface area contributed by atoms with Crippen molar-refractivity contribution in [1.82, 2.24) is 15.0 Å². The SMILES string of the molecule is O=C1N(c2cnccn2)CCCN1c1cc(Cl)ccc1OCc1cccnc1. The number of ether oxygens (including phenoxy) is 1. The van der Waals surface area contributed by atoms with Crippen molar-refractivity contribution >= 4 is 29.1 Å². The molecule has 0 aliphatic carbocycles. The maximum atomic E-state index is 13.1. The van der Waals surface area contributed by atoms with Crippen LogP contribution in [0.1, 0.15) is 12.0 Å². The van der Waals surface area contributed by atoms with Crippen LogP contribution in [-0.4, -0.2) is 34.1 Å². The Labute approximate surface area is 167 Å². The monoisotopic (exact) mass is 395 g/mol. The van der Waals surface area contributed by atoms with Gasteiger partial charge in [-0.1, -0.05) is 17.7 Å². The van der Waals surface area contributed by atoms with Crippen LogP contribution < -0.4 is 14.5 Å². The first kappa shape index (κ1) is 18.2. The van der Waals surface area contributed by atoms with E-state index in [0.29, 0.717) is 42.0 Å². The molecular weight excluding hydrogens is 378 g/mol. The lowest BCUT2D eigenvalue weighted by molar-refractivity contribution is 0.247. The third-order valence-electron chi connectivity index (χ3n) is 4.38. The first-order valence-electron chi connectivity index (χ1n) is 8.89. The smallest absolute Gasteiger partial charge is 0.330 e. The molecule has 28 heavy (non-hydrogen) atoms. The maximum Gasteiger partial charge on any atom is 0.330 e. The molecule has 0 spiro atoms. The Balaban J connectivity index is 1.60. The summed E-state index contributed by atoms with van der Waals surface area (Å²) in [6.07, 6.45) is 8.98. The molecule has 4 rings (SSSR count). The Morgan fingerprint density at radius 2 is 1.89 bits per heavy atom. The molecule has 0 atom stereocenters. The summed E-state index contributed by atoms with van der Waals surface area (Å²) in [6, 6.07) is 8.89. The van der Waals surface area contributed by atoms with Crippen LogP contribution in [0.25, 0.3) is 0 Å². The fourth-order valence-corrected chi connectivity index (χ4v) is 3.23. The molecule has 2 amide bonds. The van der Waals surface area contributed by atoms with Gasteiger partial charge in [0.25, 0.3) is 0 Å². The van der Waals surface area contributed by atoms with Crippen molar-refractivity contribution in [3.8, 4) is 5.75 Å². The van der Waals surface area contributed by atoms with E-state index in [-0.39, 0.29) is 6.03 Å². The quantitative estimate of drug-likeness (QED) is 0.654. The summed E-state index contributed by atoms with van der Waals surface area (Å²) in [5.74, 6) is 1.11. The van der Waals surface area contributed by atoms with Gasteiger partial charge >= 0.3 is 6.03 Å². The lowest BCUT2D eigenvalue weighted by atomic mass is 10.2. The highest BCUT2D eigenvalue weighted by atomic mass is 35.5. The van der Waals surface area contributed by atoms with E-state index in [0.717, 1.165) is 12.0 Å². The van der Waals surface area contributed by atoms with E-state index in [1.807, 2.05) is 12.1 Å². The number of benzene rings is 1. The van der Waals surface area contributed by atoms with Gasteiger partial charge in [-0.2, -0.15) is 0 Å². The van der Waals surface area contributed by atoms with Crippen LogP contribution in [0.15, 0.2) is 61.3 Å². The maximum absolute atomic E-state index is 13.1. The summed E-state index contributed by atoms with van der Waals surface area (Å²) >= 11 is 6.21. The van der Waals surface area contributed by atoms with Gasteiger partial charge in [0.2, 0.25) is 0 Å². The Morgan fingerprint density at radius 1 is 1.04 bits per heavy atom. The number of aromatic nitrogens is 3. The van der Waals surface area contributed by atoms with E-state index in [1.165, 1.54) is 0 Å². The normalized spacial score (nSPS) is 14.2. The molecule has 8 heteroatoms. The molecule has 1 fully saturated rings. The summed E-state index contributed by atoms with van der Waals surface area (Å²) in [7, 11) is 0. The van der Waals surface area contributed by atoms with Crippen LogP contribution >= 0.6 is 11.6 Å². The molecule has 0 radical (unpaired) electrons. The molecule has 0 bridgehead atoms. The van der Waals surface area contributed by atoms with E-state index in [4.69, 9.17) is 16.3 Å². The molecule has 0 saturated carbocycles. The highest BCUT2D eigenvalue weighted by Crippen LogP contribution is 2.34. The molecular formula is C20H18ClN5O2. The third-order valence-corrected chi connectivity index (χ3v) is 4.62. The third kappa shape index (κ3) is 3.89. The van der Waals surface area contributed by atoms with Gasteiger partial charge in [0.15, 0.2) is 5.82 Å². The first-order valence-corrected chi connectivity index (χ1v) is 9.26. The lowest BCUT2D eigenvalue weighted by Crippen LogP contribution is -2.50. The van der Waals surface area contributed by atoms with Crippen LogP contribution in [0.4, 0.5) is 16.3 Å². The number of carbonyl (C=O) groups is 1. The summed E-state index contributed by atoms with van der Waals surface area (Å²) in [5, 5.41) is 0.535. The molecule has 2 aromatic heterocycles. The fourth-order valence-electron chi connectivity index (χ4n) is 3.06. The number of urea groups is 1. The molecule has 142 valence electrons. The minimum Gasteiger partial charge on any atom is -0.487 e. The van der Waals surface area contributed by atoms with Gasteiger partial charge in [0.05, 0.1) is 11.9 Å². The van der Waals surface area contributed by atoms with E-state index in [1.54, 1.807) is 59.0 Å². The standard InChI is InChI=1S/C20H18ClN5O2/c21-16-4-5-18(28-14-15-3-1-6-22-12-15)17(11-16)25-9-2-10-26(20(25)27)19-13-23-7-8-24-19/h1,3-8,11-13H,2,9-10,14H2. The second-order valence-electron chi connectivity index (χ2n) is 6.27. The van der Waals surface area contributed by atoms with Crippen LogP contribution in [-0.2, 0) is 6.61 Å². The van der Waals surface area contributed by atoms with Crippen LogP contribution in [0, 0.1) is 0 Å². The molecule has 1 aliphatic rings. The topological polar surface area (TPSA) is 71.5 Å². The number of amides is 2.